The lowest BCUT2D eigenvalue weighted by Gasteiger charge is -2.16. The Morgan fingerprint density at radius 2 is 0.918 bits per heavy atom. The number of carbonyl (C=O) groups is 1. The maximum atomic E-state index is 12.2. The van der Waals surface area contributed by atoms with Gasteiger partial charge in [-0.15, -0.1) is 0 Å². The predicted octanol–water partition coefficient (Wildman–Crippen LogP) is 13.7. The Hall–Kier alpha value is -1.91. The van der Waals surface area contributed by atoms with Crippen LogP contribution in [0.25, 0.3) is 0 Å². The summed E-state index contributed by atoms with van der Waals surface area (Å²) < 4.78 is 11.2. The van der Waals surface area contributed by atoms with E-state index >= 15 is 0 Å². The second-order valence-electron chi connectivity index (χ2n) is 13.7. The van der Waals surface area contributed by atoms with Gasteiger partial charge in [0, 0.05) is 13.0 Å². The van der Waals surface area contributed by atoms with Crippen molar-refractivity contribution in [1.29, 1.82) is 0 Å². The number of hydrogen-bond donors (Lipinski definition) is 1. The third-order valence-electron chi connectivity index (χ3n) is 8.83. The van der Waals surface area contributed by atoms with Gasteiger partial charge >= 0.3 is 5.97 Å². The van der Waals surface area contributed by atoms with Crippen LogP contribution in [0.2, 0.25) is 0 Å². The number of aliphatic hydroxyl groups excluding tert-OH is 1. The average molecular weight is 685 g/mol. The van der Waals surface area contributed by atoms with Gasteiger partial charge in [-0.05, 0) is 77.0 Å². The van der Waals surface area contributed by atoms with Crippen molar-refractivity contribution in [1.82, 2.24) is 0 Å². The molecule has 0 radical (unpaired) electrons. The molecule has 0 aliphatic carbocycles. The first-order chi connectivity index (χ1) is 24.2. The van der Waals surface area contributed by atoms with Crippen molar-refractivity contribution in [3.8, 4) is 0 Å². The number of carbonyl (C=O) groups excluding carboxylic acids is 1. The van der Waals surface area contributed by atoms with Gasteiger partial charge in [-0.2, -0.15) is 0 Å². The van der Waals surface area contributed by atoms with E-state index in [4.69, 9.17) is 9.47 Å². The van der Waals surface area contributed by atoms with E-state index in [1.807, 2.05) is 0 Å². The first kappa shape index (κ1) is 47.1. The smallest absolute Gasteiger partial charge is 0.306 e. The highest BCUT2D eigenvalue weighted by Crippen LogP contribution is 2.13. The largest absolute Gasteiger partial charge is 0.457 e. The molecule has 0 aliphatic rings. The molecule has 1 unspecified atom stereocenters. The van der Waals surface area contributed by atoms with Crippen molar-refractivity contribution in [2.45, 2.75) is 200 Å². The van der Waals surface area contributed by atoms with Crippen molar-refractivity contribution < 1.29 is 19.4 Å². The summed E-state index contributed by atoms with van der Waals surface area (Å²) in [5.41, 5.74) is 0. The van der Waals surface area contributed by atoms with Crippen LogP contribution < -0.4 is 0 Å². The summed E-state index contributed by atoms with van der Waals surface area (Å²) in [4.78, 5) is 12.2. The summed E-state index contributed by atoms with van der Waals surface area (Å²) in [5.74, 6) is -0.209. The van der Waals surface area contributed by atoms with Crippen LogP contribution in [0.3, 0.4) is 0 Å². The van der Waals surface area contributed by atoms with Crippen LogP contribution in [0, 0.1) is 0 Å². The van der Waals surface area contributed by atoms with Gasteiger partial charge in [0.25, 0.3) is 0 Å². The number of unbranched alkanes of at least 4 members (excludes halogenated alkanes) is 20. The zero-order chi connectivity index (χ0) is 35.6. The summed E-state index contributed by atoms with van der Waals surface area (Å²) in [6, 6.07) is 0. The molecule has 49 heavy (non-hydrogen) atoms. The topological polar surface area (TPSA) is 55.8 Å². The number of hydrogen-bond acceptors (Lipinski definition) is 4. The molecule has 4 nitrogen and oxygen atoms in total. The molecule has 0 aliphatic heterocycles. The maximum Gasteiger partial charge on any atom is 0.306 e. The van der Waals surface area contributed by atoms with Crippen LogP contribution in [0.4, 0.5) is 0 Å². The fourth-order valence-corrected chi connectivity index (χ4v) is 5.72. The SMILES string of the molecule is CC/C=C\C/C=C\C/C=C\CCCCCCCCCCOCC(CO)OC(=O)CCCCCCCCCCC/C=C\C/C=C\CCCCC. The highest BCUT2D eigenvalue weighted by atomic mass is 16.6. The molecule has 0 bridgehead atoms. The van der Waals surface area contributed by atoms with Crippen LogP contribution in [0.5, 0.6) is 0 Å². The Morgan fingerprint density at radius 3 is 1.39 bits per heavy atom. The predicted molar refractivity (Wildman–Crippen MR) is 214 cm³/mol. The highest BCUT2D eigenvalue weighted by molar-refractivity contribution is 5.69. The van der Waals surface area contributed by atoms with Crippen LogP contribution in [-0.4, -0.2) is 37.0 Å². The van der Waals surface area contributed by atoms with E-state index in [2.05, 4.69) is 74.6 Å². The lowest BCUT2D eigenvalue weighted by Crippen LogP contribution is -2.27. The molecule has 1 atom stereocenters. The fraction of sp³-hybridized carbons (Fsp3) is 0.756. The average Bonchev–Trinajstić information content (AvgIpc) is 3.11. The lowest BCUT2D eigenvalue weighted by atomic mass is 10.1. The minimum atomic E-state index is -0.542. The number of ether oxygens (including phenoxy) is 2. The molecule has 0 spiro atoms. The van der Waals surface area contributed by atoms with Crippen molar-refractivity contribution in [2.24, 2.45) is 0 Å². The van der Waals surface area contributed by atoms with E-state index < -0.39 is 6.10 Å². The summed E-state index contributed by atoms with van der Waals surface area (Å²) in [5, 5.41) is 9.60. The van der Waals surface area contributed by atoms with Gasteiger partial charge in [-0.3, -0.25) is 4.79 Å². The summed E-state index contributed by atoms with van der Waals surface area (Å²) in [6.45, 7) is 5.20. The zero-order valence-corrected chi connectivity index (χ0v) is 32.4. The van der Waals surface area contributed by atoms with Crippen LogP contribution in [0.1, 0.15) is 194 Å². The zero-order valence-electron chi connectivity index (χ0n) is 32.4. The van der Waals surface area contributed by atoms with Gasteiger partial charge in [-0.1, -0.05) is 171 Å². The van der Waals surface area contributed by atoms with E-state index in [0.717, 1.165) is 44.9 Å². The number of esters is 1. The van der Waals surface area contributed by atoms with E-state index in [-0.39, 0.29) is 19.2 Å². The Morgan fingerprint density at radius 1 is 0.510 bits per heavy atom. The third kappa shape index (κ3) is 40.4. The summed E-state index contributed by atoms with van der Waals surface area (Å²) in [7, 11) is 0. The molecule has 0 aromatic heterocycles. The number of aliphatic hydroxyl groups is 1. The fourth-order valence-electron chi connectivity index (χ4n) is 5.72. The molecular weight excluding hydrogens is 604 g/mol. The van der Waals surface area contributed by atoms with Gasteiger partial charge in [0.15, 0.2) is 0 Å². The van der Waals surface area contributed by atoms with E-state index in [0.29, 0.717) is 13.0 Å². The molecule has 0 saturated carbocycles. The van der Waals surface area contributed by atoms with Crippen molar-refractivity contribution in [2.75, 3.05) is 19.8 Å². The van der Waals surface area contributed by atoms with Crippen LogP contribution in [-0.2, 0) is 14.3 Å². The van der Waals surface area contributed by atoms with Gasteiger partial charge < -0.3 is 14.6 Å². The summed E-state index contributed by atoms with van der Waals surface area (Å²) in [6.07, 6.45) is 55.6. The normalized spacial score (nSPS) is 13.0. The molecule has 0 aromatic rings. The minimum Gasteiger partial charge on any atom is -0.457 e. The molecular formula is C45H80O4. The summed E-state index contributed by atoms with van der Waals surface area (Å²) >= 11 is 0. The van der Waals surface area contributed by atoms with Gasteiger partial charge in [-0.25, -0.2) is 0 Å². The monoisotopic (exact) mass is 685 g/mol. The van der Waals surface area contributed by atoms with Crippen molar-refractivity contribution >= 4 is 5.97 Å². The van der Waals surface area contributed by atoms with Gasteiger partial charge in [0.1, 0.15) is 6.10 Å². The molecule has 0 heterocycles. The maximum absolute atomic E-state index is 12.2. The minimum absolute atomic E-state index is 0.178. The standard InChI is InChI=1S/C45H80O4/c1-3-5-7-9-11-13-15-17-19-21-23-24-26-28-30-32-34-36-38-40-45(47)49-44(42-46)43-48-41-39-37-35-33-31-29-27-25-22-20-18-16-14-12-10-8-6-4-2/h6,8,11-14,17-20,44,46H,3-5,7,9-10,15-16,21-43H2,1-2H3/b8-6-,13-11-,14-12-,19-17-,20-18-. The lowest BCUT2D eigenvalue weighted by molar-refractivity contribution is -0.154. The molecule has 0 amide bonds. The van der Waals surface area contributed by atoms with E-state index in [1.54, 1.807) is 0 Å². The van der Waals surface area contributed by atoms with Crippen molar-refractivity contribution in [3.05, 3.63) is 60.8 Å². The second kappa shape index (κ2) is 42.3. The van der Waals surface area contributed by atoms with Crippen molar-refractivity contribution in [3.63, 3.8) is 0 Å². The first-order valence-electron chi connectivity index (χ1n) is 20.9. The molecule has 0 rings (SSSR count). The molecule has 1 N–H and O–H groups in total. The molecule has 284 valence electrons. The Bertz CT molecular complexity index is 809. The van der Waals surface area contributed by atoms with Gasteiger partial charge in [0.2, 0.25) is 0 Å². The van der Waals surface area contributed by atoms with E-state index in [1.165, 1.54) is 128 Å². The van der Waals surface area contributed by atoms with Gasteiger partial charge in [0.05, 0.1) is 13.2 Å². The second-order valence-corrected chi connectivity index (χ2v) is 13.7. The quantitative estimate of drug-likeness (QED) is 0.0399. The molecule has 0 fully saturated rings. The first-order valence-corrected chi connectivity index (χ1v) is 20.9. The Kier molecular flexibility index (Phi) is 40.6. The third-order valence-corrected chi connectivity index (χ3v) is 8.83. The number of allylic oxidation sites excluding steroid dienone is 10. The highest BCUT2D eigenvalue weighted by Gasteiger charge is 2.13. The Labute approximate surface area is 305 Å². The molecule has 4 heteroatoms. The number of rotatable bonds is 38. The van der Waals surface area contributed by atoms with E-state index in [9.17, 15) is 9.90 Å². The van der Waals surface area contributed by atoms with Crippen LogP contribution >= 0.6 is 0 Å². The Balaban J connectivity index is 3.46. The van der Waals surface area contributed by atoms with Crippen LogP contribution in [0.15, 0.2) is 60.8 Å². The molecule has 0 aromatic carbocycles. The molecule has 0 saturated heterocycles.